The van der Waals surface area contributed by atoms with Crippen LogP contribution in [-0.4, -0.2) is 11.5 Å². The van der Waals surface area contributed by atoms with Gasteiger partial charge in [-0.25, -0.2) is 4.98 Å². The minimum absolute atomic E-state index is 0.167. The Morgan fingerprint density at radius 2 is 2.11 bits per heavy atom. The van der Waals surface area contributed by atoms with Crippen molar-refractivity contribution >= 4 is 11.8 Å². The number of furan rings is 1. The molecule has 0 aliphatic heterocycles. The van der Waals surface area contributed by atoms with Crippen LogP contribution >= 0.6 is 11.8 Å². The minimum Gasteiger partial charge on any atom is -0.468 e. The van der Waals surface area contributed by atoms with Crippen molar-refractivity contribution in [3.05, 3.63) is 48.0 Å². The van der Waals surface area contributed by atoms with E-state index in [0.717, 1.165) is 12.3 Å². The van der Waals surface area contributed by atoms with E-state index in [9.17, 15) is 13.2 Å². The number of nitrogens with zero attached hydrogens (tertiary/aromatic N) is 1. The Bertz CT molecular complexity index is 511. The molecule has 1 atom stereocenters. The molecule has 0 radical (unpaired) electrons. The molecule has 0 saturated heterocycles. The first kappa shape index (κ1) is 14.0. The molecule has 2 heterocycles. The molecule has 0 saturated carbocycles. The molecular formula is C12H11F3N2OS. The second-order valence-corrected chi connectivity index (χ2v) is 4.96. The summed E-state index contributed by atoms with van der Waals surface area (Å²) in [5.41, 5.74) is 4.86. The lowest BCUT2D eigenvalue weighted by Crippen LogP contribution is -2.09. The molecule has 3 nitrogen and oxygen atoms in total. The van der Waals surface area contributed by atoms with E-state index in [1.54, 1.807) is 12.1 Å². The summed E-state index contributed by atoms with van der Waals surface area (Å²) in [5, 5.41) is 0.305. The van der Waals surface area contributed by atoms with Crippen LogP contribution in [0.15, 0.2) is 46.2 Å². The Labute approximate surface area is 112 Å². The van der Waals surface area contributed by atoms with Crippen molar-refractivity contribution in [3.8, 4) is 0 Å². The highest BCUT2D eigenvalue weighted by molar-refractivity contribution is 7.99. The van der Waals surface area contributed by atoms with Crippen molar-refractivity contribution in [2.45, 2.75) is 16.5 Å². The number of halogens is 3. The van der Waals surface area contributed by atoms with Crippen LogP contribution in [0.25, 0.3) is 0 Å². The van der Waals surface area contributed by atoms with Gasteiger partial charge in [0.1, 0.15) is 5.76 Å². The topological polar surface area (TPSA) is 52.0 Å². The molecule has 1 unspecified atom stereocenters. The Hall–Kier alpha value is -1.47. The summed E-state index contributed by atoms with van der Waals surface area (Å²) in [7, 11) is 0. The number of aromatic nitrogens is 1. The van der Waals surface area contributed by atoms with Crippen molar-refractivity contribution < 1.29 is 17.6 Å². The number of nitrogens with two attached hydrogens (primary N) is 1. The molecule has 2 rings (SSSR count). The lowest BCUT2D eigenvalue weighted by Gasteiger charge is -2.11. The van der Waals surface area contributed by atoms with Gasteiger partial charge in [-0.05, 0) is 24.3 Å². The lowest BCUT2D eigenvalue weighted by molar-refractivity contribution is -0.137. The average molecular weight is 288 g/mol. The van der Waals surface area contributed by atoms with Gasteiger partial charge in [0.2, 0.25) is 0 Å². The molecule has 19 heavy (non-hydrogen) atoms. The maximum Gasteiger partial charge on any atom is 0.417 e. The number of thioether (sulfide) groups is 1. The number of hydrogen-bond acceptors (Lipinski definition) is 4. The third-order valence-corrected chi connectivity index (χ3v) is 3.59. The van der Waals surface area contributed by atoms with Gasteiger partial charge in [-0.15, -0.1) is 0 Å². The van der Waals surface area contributed by atoms with Gasteiger partial charge in [-0.3, -0.25) is 0 Å². The van der Waals surface area contributed by atoms with E-state index >= 15 is 0 Å². The molecule has 0 aromatic carbocycles. The van der Waals surface area contributed by atoms with Crippen LogP contribution in [-0.2, 0) is 6.18 Å². The Balaban J connectivity index is 2.11. The minimum atomic E-state index is -4.37. The van der Waals surface area contributed by atoms with Crippen LogP contribution in [0, 0.1) is 0 Å². The zero-order chi connectivity index (χ0) is 13.9. The second kappa shape index (κ2) is 5.66. The summed E-state index contributed by atoms with van der Waals surface area (Å²) in [6.45, 7) is 0.306. The highest BCUT2D eigenvalue weighted by Crippen LogP contribution is 2.35. The average Bonchev–Trinajstić information content (AvgIpc) is 2.89. The summed E-state index contributed by atoms with van der Waals surface area (Å²) >= 11 is 1.27. The van der Waals surface area contributed by atoms with Gasteiger partial charge in [0.25, 0.3) is 0 Å². The van der Waals surface area contributed by atoms with Crippen molar-refractivity contribution in [2.75, 3.05) is 6.54 Å². The van der Waals surface area contributed by atoms with Crippen LogP contribution in [0.2, 0.25) is 0 Å². The Morgan fingerprint density at radius 1 is 1.32 bits per heavy atom. The van der Waals surface area contributed by atoms with Gasteiger partial charge >= 0.3 is 6.18 Å². The van der Waals surface area contributed by atoms with Crippen LogP contribution in [0.5, 0.6) is 0 Å². The number of alkyl halides is 3. The predicted octanol–water partition coefficient (Wildman–Crippen LogP) is 3.49. The van der Waals surface area contributed by atoms with E-state index in [1.807, 2.05) is 0 Å². The van der Waals surface area contributed by atoms with Gasteiger partial charge in [0, 0.05) is 12.7 Å². The van der Waals surface area contributed by atoms with E-state index in [1.165, 1.54) is 24.1 Å². The van der Waals surface area contributed by atoms with E-state index in [4.69, 9.17) is 10.2 Å². The summed E-state index contributed by atoms with van der Waals surface area (Å²) in [6, 6.07) is 5.84. The zero-order valence-corrected chi connectivity index (χ0v) is 10.5. The zero-order valence-electron chi connectivity index (χ0n) is 9.72. The summed E-state index contributed by atoms with van der Waals surface area (Å²) in [6.07, 6.45) is -2.03. The third-order valence-electron chi connectivity index (χ3n) is 2.40. The van der Waals surface area contributed by atoms with E-state index in [-0.39, 0.29) is 5.25 Å². The number of hydrogen-bond donors (Lipinski definition) is 1. The maximum atomic E-state index is 12.4. The summed E-state index contributed by atoms with van der Waals surface area (Å²) < 4.78 is 42.4. The molecule has 0 fully saturated rings. The number of pyridine rings is 1. The smallest absolute Gasteiger partial charge is 0.417 e. The molecule has 2 aromatic rings. The molecule has 7 heteroatoms. The van der Waals surface area contributed by atoms with Crippen LogP contribution in [0.1, 0.15) is 16.6 Å². The first-order chi connectivity index (χ1) is 9.00. The Kier molecular flexibility index (Phi) is 4.16. The quantitative estimate of drug-likeness (QED) is 0.875. The molecule has 102 valence electrons. The van der Waals surface area contributed by atoms with E-state index in [2.05, 4.69) is 4.98 Å². The Morgan fingerprint density at radius 3 is 2.58 bits per heavy atom. The standard InChI is InChI=1S/C12H11F3N2OS/c13-12(14,15)8-3-4-11(17-7-8)19-10(6-16)9-2-1-5-18-9/h1-5,7,10H,6,16H2. The first-order valence-electron chi connectivity index (χ1n) is 5.44. The maximum absolute atomic E-state index is 12.4. The highest BCUT2D eigenvalue weighted by atomic mass is 32.2. The number of rotatable bonds is 4. The molecule has 0 spiro atoms. The SMILES string of the molecule is NCC(Sc1ccc(C(F)(F)F)cn1)c1ccco1. The fourth-order valence-corrected chi connectivity index (χ4v) is 2.36. The molecular weight excluding hydrogens is 277 g/mol. The molecule has 0 aliphatic rings. The van der Waals surface area contributed by atoms with Crippen LogP contribution in [0.3, 0.4) is 0 Å². The predicted molar refractivity (Wildman–Crippen MR) is 65.6 cm³/mol. The summed E-state index contributed by atoms with van der Waals surface area (Å²) in [4.78, 5) is 3.79. The fourth-order valence-electron chi connectivity index (χ4n) is 1.46. The van der Waals surface area contributed by atoms with Gasteiger partial charge in [0.05, 0.1) is 22.1 Å². The largest absolute Gasteiger partial charge is 0.468 e. The third kappa shape index (κ3) is 3.51. The van der Waals surface area contributed by atoms with Crippen molar-refractivity contribution in [3.63, 3.8) is 0 Å². The van der Waals surface area contributed by atoms with Crippen LogP contribution in [0.4, 0.5) is 13.2 Å². The molecule has 2 N–H and O–H groups in total. The van der Waals surface area contributed by atoms with Crippen molar-refractivity contribution in [1.29, 1.82) is 0 Å². The monoisotopic (exact) mass is 288 g/mol. The van der Waals surface area contributed by atoms with E-state index in [0.29, 0.717) is 17.3 Å². The van der Waals surface area contributed by atoms with Gasteiger partial charge in [0.15, 0.2) is 0 Å². The first-order valence-corrected chi connectivity index (χ1v) is 6.32. The highest BCUT2D eigenvalue weighted by Gasteiger charge is 2.30. The fraction of sp³-hybridized carbons (Fsp3) is 0.250. The van der Waals surface area contributed by atoms with Crippen LogP contribution < -0.4 is 5.73 Å². The molecule has 0 amide bonds. The molecule has 0 bridgehead atoms. The van der Waals surface area contributed by atoms with Gasteiger partial charge < -0.3 is 10.2 Å². The lowest BCUT2D eigenvalue weighted by atomic mass is 10.3. The van der Waals surface area contributed by atoms with Crippen molar-refractivity contribution in [2.24, 2.45) is 5.73 Å². The van der Waals surface area contributed by atoms with Gasteiger partial charge in [-0.1, -0.05) is 11.8 Å². The molecule has 2 aromatic heterocycles. The molecule has 0 aliphatic carbocycles. The van der Waals surface area contributed by atoms with Gasteiger partial charge in [-0.2, -0.15) is 13.2 Å². The van der Waals surface area contributed by atoms with Crippen molar-refractivity contribution in [1.82, 2.24) is 4.98 Å². The normalized spacial score (nSPS) is 13.5. The second-order valence-electron chi connectivity index (χ2n) is 3.74. The summed E-state index contributed by atoms with van der Waals surface area (Å²) in [5.74, 6) is 0.675. The van der Waals surface area contributed by atoms with E-state index < -0.39 is 11.7 Å².